The number of carbonyl (C=O) groups excluding carboxylic acids is 1. The number of aliphatic hydroxyl groups is 1. The molecule has 1 aliphatic heterocycles. The molecule has 1 atom stereocenters. The fourth-order valence-corrected chi connectivity index (χ4v) is 6.48. The number of hydrogen-bond donors (Lipinski definition) is 2. The number of carbonyl (C=O) groups is 1. The van der Waals surface area contributed by atoms with E-state index in [0.29, 0.717) is 23.5 Å². The van der Waals surface area contributed by atoms with Gasteiger partial charge in [0.05, 0.1) is 10.2 Å². The fraction of sp³-hybridized carbons (Fsp3) is 0.407. The molecular formula is C27H30F2N2O3S2. The maximum Gasteiger partial charge on any atom is 0.349 e. The summed E-state index contributed by atoms with van der Waals surface area (Å²) in [5, 5.41) is 11.6. The van der Waals surface area contributed by atoms with Crippen molar-refractivity contribution >= 4 is 44.4 Å². The second-order valence-corrected chi connectivity index (χ2v) is 12.7. The zero-order valence-corrected chi connectivity index (χ0v) is 22.6. The van der Waals surface area contributed by atoms with Gasteiger partial charge in [-0.05, 0) is 59.6 Å². The van der Waals surface area contributed by atoms with E-state index in [9.17, 15) is 18.7 Å². The number of nitrogens with two attached hydrogens (primary N) is 1. The highest BCUT2D eigenvalue weighted by Crippen LogP contribution is 2.46. The van der Waals surface area contributed by atoms with Crippen LogP contribution in [0.4, 0.5) is 13.9 Å². The Labute approximate surface area is 217 Å². The molecule has 0 fully saturated rings. The Bertz CT molecular complexity index is 1340. The number of aryl methyl sites for hydroxylation is 1. The number of anilines is 1. The zero-order chi connectivity index (χ0) is 26.4. The monoisotopic (exact) mass is 532 g/mol. The van der Waals surface area contributed by atoms with Crippen molar-refractivity contribution in [3.63, 3.8) is 0 Å². The van der Waals surface area contributed by atoms with Crippen LogP contribution in [0.5, 0.6) is 0 Å². The van der Waals surface area contributed by atoms with Gasteiger partial charge in [-0.1, -0.05) is 57.7 Å². The fourth-order valence-electron chi connectivity index (χ4n) is 4.46. The van der Waals surface area contributed by atoms with Crippen LogP contribution in [0.25, 0.3) is 10.2 Å². The van der Waals surface area contributed by atoms with Crippen molar-refractivity contribution in [1.29, 1.82) is 0 Å². The van der Waals surface area contributed by atoms with E-state index in [1.165, 1.54) is 35.2 Å². The van der Waals surface area contributed by atoms with Gasteiger partial charge >= 0.3 is 5.97 Å². The van der Waals surface area contributed by atoms with E-state index in [-0.39, 0.29) is 28.4 Å². The quantitative estimate of drug-likeness (QED) is 0.324. The Morgan fingerprint density at radius 1 is 1.19 bits per heavy atom. The lowest BCUT2D eigenvalue weighted by Gasteiger charge is -2.40. The number of rotatable bonds is 6. The number of nitrogen functional groups attached to an aromatic ring is 1. The van der Waals surface area contributed by atoms with Gasteiger partial charge in [0.25, 0.3) is 0 Å². The Morgan fingerprint density at radius 2 is 1.86 bits per heavy atom. The molecule has 2 aromatic carbocycles. The molecule has 1 aliphatic rings. The van der Waals surface area contributed by atoms with Gasteiger partial charge < -0.3 is 15.6 Å². The maximum absolute atomic E-state index is 13.7. The normalized spacial score (nSPS) is 18.8. The zero-order valence-electron chi connectivity index (χ0n) is 20.9. The molecule has 0 aliphatic carbocycles. The van der Waals surface area contributed by atoms with Gasteiger partial charge in [0, 0.05) is 17.4 Å². The second-order valence-electron chi connectivity index (χ2n) is 10.6. The summed E-state index contributed by atoms with van der Waals surface area (Å²) in [7, 11) is 0. The van der Waals surface area contributed by atoms with Crippen LogP contribution in [-0.4, -0.2) is 21.7 Å². The number of ether oxygens (including phenoxy) is 1. The summed E-state index contributed by atoms with van der Waals surface area (Å²) >= 11 is 2.55. The molecule has 36 heavy (non-hydrogen) atoms. The second kappa shape index (κ2) is 9.67. The van der Waals surface area contributed by atoms with Gasteiger partial charge in [0.15, 0.2) is 5.13 Å². The van der Waals surface area contributed by atoms with E-state index in [4.69, 9.17) is 10.5 Å². The Balaban J connectivity index is 1.65. The summed E-state index contributed by atoms with van der Waals surface area (Å²) in [6.45, 7) is 10.0. The van der Waals surface area contributed by atoms with Crippen LogP contribution in [0.1, 0.15) is 58.6 Å². The predicted octanol–water partition coefficient (Wildman–Crippen LogP) is 7.29. The van der Waals surface area contributed by atoms with Crippen LogP contribution in [0.2, 0.25) is 0 Å². The number of fused-ring (bicyclic) bond motifs is 1. The molecule has 0 radical (unpaired) electrons. The molecule has 3 aromatic rings. The lowest BCUT2D eigenvalue weighted by Crippen LogP contribution is -2.44. The number of cyclic esters (lactones) is 1. The number of aliphatic hydroxyl groups excluding tert-OH is 1. The summed E-state index contributed by atoms with van der Waals surface area (Å²) in [5.74, 6) is -2.08. The van der Waals surface area contributed by atoms with E-state index >= 15 is 0 Å². The van der Waals surface area contributed by atoms with Crippen molar-refractivity contribution in [2.24, 2.45) is 5.92 Å². The van der Waals surface area contributed by atoms with Gasteiger partial charge in [-0.2, -0.15) is 0 Å². The molecular weight excluding hydrogens is 502 g/mol. The van der Waals surface area contributed by atoms with Crippen molar-refractivity contribution in [3.8, 4) is 0 Å². The summed E-state index contributed by atoms with van der Waals surface area (Å²) in [5.41, 5.74) is 6.92. The molecule has 1 aromatic heterocycles. The average Bonchev–Trinajstić information content (AvgIpc) is 3.11. The first-order chi connectivity index (χ1) is 16.8. The van der Waals surface area contributed by atoms with Gasteiger partial charge in [0.1, 0.15) is 27.9 Å². The third kappa shape index (κ3) is 5.37. The third-order valence-electron chi connectivity index (χ3n) is 6.55. The van der Waals surface area contributed by atoms with E-state index in [2.05, 4.69) is 25.8 Å². The van der Waals surface area contributed by atoms with Crippen molar-refractivity contribution < 1.29 is 23.4 Å². The number of halogens is 2. The Hall–Kier alpha value is -2.65. The smallest absolute Gasteiger partial charge is 0.349 e. The highest BCUT2D eigenvalue weighted by atomic mass is 32.2. The number of hydrogen-bond acceptors (Lipinski definition) is 7. The average molecular weight is 533 g/mol. The molecule has 1 unspecified atom stereocenters. The van der Waals surface area contributed by atoms with Gasteiger partial charge in [-0.25, -0.2) is 18.6 Å². The standard InChI is InChI=1S/C27H30F2N2O3S2/c1-14(2)27(7-6-15-8-16(28)10-17(29)9-15)13-20(32)23(24(33)34-27)35-21-12-22-19(31-25(30)36-22)11-18(21)26(3,4)5/h8-12,14,32H,6-7,13H2,1-5H3,(H2,30,31). The molecule has 0 bridgehead atoms. The van der Waals surface area contributed by atoms with Crippen molar-refractivity contribution in [1.82, 2.24) is 4.98 Å². The highest BCUT2D eigenvalue weighted by Gasteiger charge is 2.44. The van der Waals surface area contributed by atoms with E-state index in [1.54, 1.807) is 0 Å². The molecule has 5 nitrogen and oxygen atoms in total. The minimum absolute atomic E-state index is 0.0425. The van der Waals surface area contributed by atoms with Gasteiger partial charge in [-0.3, -0.25) is 0 Å². The predicted molar refractivity (Wildman–Crippen MR) is 141 cm³/mol. The first kappa shape index (κ1) is 26.4. The van der Waals surface area contributed by atoms with Crippen LogP contribution in [0, 0.1) is 17.6 Å². The van der Waals surface area contributed by atoms with Crippen LogP contribution < -0.4 is 5.73 Å². The number of benzene rings is 2. The van der Waals surface area contributed by atoms with E-state index in [0.717, 1.165) is 26.7 Å². The molecule has 192 valence electrons. The topological polar surface area (TPSA) is 85.4 Å². The van der Waals surface area contributed by atoms with Crippen molar-refractivity contribution in [3.05, 3.63) is 63.8 Å². The minimum atomic E-state index is -0.989. The summed E-state index contributed by atoms with van der Waals surface area (Å²) in [6.07, 6.45) is 0.741. The first-order valence-corrected chi connectivity index (χ1v) is 13.4. The lowest BCUT2D eigenvalue weighted by atomic mass is 9.80. The number of aromatic nitrogens is 1. The molecule has 0 amide bonds. The molecule has 3 N–H and O–H groups in total. The molecule has 0 spiro atoms. The summed E-state index contributed by atoms with van der Waals surface area (Å²) in [6, 6.07) is 7.30. The van der Waals surface area contributed by atoms with Crippen LogP contribution in [0.3, 0.4) is 0 Å². The van der Waals surface area contributed by atoms with Crippen molar-refractivity contribution in [2.45, 2.75) is 69.8 Å². The minimum Gasteiger partial charge on any atom is -0.511 e. The van der Waals surface area contributed by atoms with Gasteiger partial charge in [-0.15, -0.1) is 0 Å². The highest BCUT2D eigenvalue weighted by molar-refractivity contribution is 8.04. The molecule has 0 saturated carbocycles. The molecule has 4 rings (SSSR count). The molecule has 2 heterocycles. The van der Waals surface area contributed by atoms with Crippen LogP contribution in [-0.2, 0) is 21.4 Å². The lowest BCUT2D eigenvalue weighted by molar-refractivity contribution is -0.164. The molecule has 9 heteroatoms. The summed E-state index contributed by atoms with van der Waals surface area (Å²) in [4.78, 5) is 18.6. The molecule has 0 saturated heterocycles. The number of nitrogens with zero attached hydrogens (tertiary/aromatic N) is 1. The largest absolute Gasteiger partial charge is 0.511 e. The van der Waals surface area contributed by atoms with Gasteiger partial charge in [0.2, 0.25) is 0 Å². The SMILES string of the molecule is CC(C)C1(CCc2cc(F)cc(F)c2)CC(O)=C(Sc2cc3sc(N)nc3cc2C(C)(C)C)C(=O)O1. The van der Waals surface area contributed by atoms with Crippen LogP contribution in [0.15, 0.2) is 45.9 Å². The first-order valence-electron chi connectivity index (χ1n) is 11.8. The van der Waals surface area contributed by atoms with E-state index < -0.39 is 23.2 Å². The third-order valence-corrected chi connectivity index (χ3v) is 8.56. The number of thioether (sulfide) groups is 1. The van der Waals surface area contributed by atoms with E-state index in [1.807, 2.05) is 26.0 Å². The van der Waals surface area contributed by atoms with Crippen LogP contribution >= 0.6 is 23.1 Å². The Morgan fingerprint density at radius 3 is 2.44 bits per heavy atom. The Kier molecular flexibility index (Phi) is 7.09. The van der Waals surface area contributed by atoms with Crippen molar-refractivity contribution in [2.75, 3.05) is 5.73 Å². The maximum atomic E-state index is 13.7. The summed E-state index contributed by atoms with van der Waals surface area (Å²) < 4.78 is 34.2. The number of thiazole rings is 1. The number of esters is 1.